The summed E-state index contributed by atoms with van der Waals surface area (Å²) in [6.45, 7) is 0.567. The molecule has 4 aromatic carbocycles. The third-order valence-corrected chi connectivity index (χ3v) is 6.89. The first kappa shape index (κ1) is 22.6. The van der Waals surface area contributed by atoms with E-state index in [2.05, 4.69) is 12.1 Å². The number of aromatic hydroxyl groups is 1. The molecule has 1 heterocycles. The SMILES string of the molecule is O=C(c1ccccc1)c1ccc(N2C[C@@](CCCc3ccccc3)(c3ccc(O)cc3)C2=O)cc1. The second-order valence-corrected chi connectivity index (χ2v) is 9.10. The molecular weight excluding hydrogens is 434 g/mol. The number of carbonyl (C=O) groups is 2. The number of benzene rings is 4. The van der Waals surface area contributed by atoms with Gasteiger partial charge in [-0.15, -0.1) is 0 Å². The van der Waals surface area contributed by atoms with E-state index in [1.807, 2.05) is 60.7 Å². The molecule has 1 saturated heterocycles. The van der Waals surface area contributed by atoms with Crippen LogP contribution in [0.15, 0.2) is 109 Å². The Balaban J connectivity index is 1.34. The Morgan fingerprint density at radius 2 is 1.37 bits per heavy atom. The van der Waals surface area contributed by atoms with E-state index in [-0.39, 0.29) is 17.4 Å². The second kappa shape index (κ2) is 9.59. The number of phenolic OH excluding ortho intramolecular Hbond substituents is 1. The van der Waals surface area contributed by atoms with Crippen LogP contribution in [0.1, 0.15) is 39.9 Å². The number of hydrogen-bond acceptors (Lipinski definition) is 3. The maximum Gasteiger partial charge on any atom is 0.239 e. The van der Waals surface area contributed by atoms with Crippen molar-refractivity contribution in [3.8, 4) is 5.75 Å². The van der Waals surface area contributed by atoms with Gasteiger partial charge < -0.3 is 10.0 Å². The van der Waals surface area contributed by atoms with Crippen LogP contribution in [-0.4, -0.2) is 23.3 Å². The molecule has 35 heavy (non-hydrogen) atoms. The monoisotopic (exact) mass is 461 g/mol. The van der Waals surface area contributed by atoms with Crippen molar-refractivity contribution in [3.63, 3.8) is 0 Å². The zero-order chi connectivity index (χ0) is 24.3. The fraction of sp³-hybridized carbons (Fsp3) is 0.161. The second-order valence-electron chi connectivity index (χ2n) is 9.10. The lowest BCUT2D eigenvalue weighted by molar-refractivity contribution is -0.130. The highest BCUT2D eigenvalue weighted by molar-refractivity contribution is 6.10. The fourth-order valence-corrected chi connectivity index (χ4v) is 4.90. The molecule has 0 radical (unpaired) electrons. The molecule has 0 aliphatic carbocycles. The summed E-state index contributed by atoms with van der Waals surface area (Å²) in [4.78, 5) is 28.2. The molecule has 1 N–H and O–H groups in total. The fourth-order valence-electron chi connectivity index (χ4n) is 4.90. The summed E-state index contributed by atoms with van der Waals surface area (Å²) >= 11 is 0. The van der Waals surface area contributed by atoms with Gasteiger partial charge in [-0.2, -0.15) is 0 Å². The highest BCUT2D eigenvalue weighted by Crippen LogP contribution is 2.43. The molecule has 174 valence electrons. The minimum atomic E-state index is -0.610. The van der Waals surface area contributed by atoms with Crippen LogP contribution in [0.3, 0.4) is 0 Å². The zero-order valence-electron chi connectivity index (χ0n) is 19.4. The van der Waals surface area contributed by atoms with Gasteiger partial charge in [0.1, 0.15) is 5.75 Å². The van der Waals surface area contributed by atoms with Crippen molar-refractivity contribution in [2.24, 2.45) is 0 Å². The van der Waals surface area contributed by atoms with Crippen LogP contribution >= 0.6 is 0 Å². The van der Waals surface area contributed by atoms with Crippen LogP contribution in [0, 0.1) is 0 Å². The number of aryl methyl sites for hydroxylation is 1. The Labute approximate surface area is 205 Å². The molecule has 1 amide bonds. The first-order valence-corrected chi connectivity index (χ1v) is 11.9. The van der Waals surface area contributed by atoms with Gasteiger partial charge in [0, 0.05) is 23.4 Å². The first-order chi connectivity index (χ1) is 17.1. The molecule has 1 atom stereocenters. The summed E-state index contributed by atoms with van der Waals surface area (Å²) in [6, 6.07) is 33.8. The summed E-state index contributed by atoms with van der Waals surface area (Å²) < 4.78 is 0. The maximum atomic E-state index is 13.6. The summed E-state index contributed by atoms with van der Waals surface area (Å²) in [5, 5.41) is 9.76. The van der Waals surface area contributed by atoms with Crippen molar-refractivity contribution < 1.29 is 14.7 Å². The van der Waals surface area contributed by atoms with Crippen LogP contribution in [-0.2, 0) is 16.6 Å². The minimum Gasteiger partial charge on any atom is -0.508 e. The Hall–Kier alpha value is -4.18. The molecule has 4 aromatic rings. The molecule has 5 rings (SSSR count). The van der Waals surface area contributed by atoms with Crippen LogP contribution in [0.5, 0.6) is 5.75 Å². The highest BCUT2D eigenvalue weighted by Gasteiger charge is 2.53. The van der Waals surface area contributed by atoms with Gasteiger partial charge in [-0.1, -0.05) is 72.8 Å². The van der Waals surface area contributed by atoms with Crippen molar-refractivity contribution in [2.75, 3.05) is 11.4 Å². The van der Waals surface area contributed by atoms with Gasteiger partial charge in [0.2, 0.25) is 5.91 Å². The molecule has 1 aliphatic heterocycles. The molecular formula is C31H27NO3. The predicted octanol–water partition coefficient (Wildman–Crippen LogP) is 5.93. The average Bonchev–Trinajstić information content (AvgIpc) is 2.91. The van der Waals surface area contributed by atoms with E-state index in [0.29, 0.717) is 17.7 Å². The third-order valence-electron chi connectivity index (χ3n) is 6.89. The largest absolute Gasteiger partial charge is 0.508 e. The molecule has 0 unspecified atom stereocenters. The smallest absolute Gasteiger partial charge is 0.239 e. The Kier molecular flexibility index (Phi) is 6.19. The number of hydrogen-bond donors (Lipinski definition) is 1. The molecule has 4 nitrogen and oxygen atoms in total. The van der Waals surface area contributed by atoms with E-state index < -0.39 is 5.41 Å². The van der Waals surface area contributed by atoms with Gasteiger partial charge in [-0.25, -0.2) is 0 Å². The number of carbonyl (C=O) groups excluding carboxylic acids is 2. The quantitative estimate of drug-likeness (QED) is 0.261. The lowest BCUT2D eigenvalue weighted by Gasteiger charge is -2.49. The van der Waals surface area contributed by atoms with E-state index in [0.717, 1.165) is 30.5 Å². The normalized spacial score (nSPS) is 17.1. The third kappa shape index (κ3) is 4.47. The summed E-state index contributed by atoms with van der Waals surface area (Å²) in [5.41, 5.74) is 3.61. The Bertz CT molecular complexity index is 1320. The van der Waals surface area contributed by atoms with E-state index in [1.165, 1.54) is 5.56 Å². The van der Waals surface area contributed by atoms with Gasteiger partial charge in [-0.3, -0.25) is 9.59 Å². The average molecular weight is 462 g/mol. The lowest BCUT2D eigenvalue weighted by atomic mass is 9.69. The van der Waals surface area contributed by atoms with Gasteiger partial charge in [0.15, 0.2) is 5.78 Å². The molecule has 1 fully saturated rings. The van der Waals surface area contributed by atoms with Crippen molar-refractivity contribution in [1.29, 1.82) is 0 Å². The number of β-lactam (4-membered cyclic amide) rings is 1. The number of anilines is 1. The first-order valence-electron chi connectivity index (χ1n) is 11.9. The molecule has 0 aromatic heterocycles. The lowest BCUT2D eigenvalue weighted by Crippen LogP contribution is -2.64. The van der Waals surface area contributed by atoms with Gasteiger partial charge >= 0.3 is 0 Å². The molecule has 0 saturated carbocycles. The number of ketones is 1. The predicted molar refractivity (Wildman–Crippen MR) is 138 cm³/mol. The van der Waals surface area contributed by atoms with Crippen molar-refractivity contribution in [3.05, 3.63) is 131 Å². The Morgan fingerprint density at radius 1 is 0.771 bits per heavy atom. The topological polar surface area (TPSA) is 57.6 Å². The number of amides is 1. The van der Waals surface area contributed by atoms with Crippen molar-refractivity contribution in [1.82, 2.24) is 0 Å². The number of rotatable bonds is 8. The summed E-state index contributed by atoms with van der Waals surface area (Å²) in [5.74, 6) is 0.209. The van der Waals surface area contributed by atoms with Crippen LogP contribution in [0.2, 0.25) is 0 Å². The standard InChI is InChI=1S/C31H27NO3/c33-28-19-15-26(16-20-28)31(21-7-10-23-8-3-1-4-9-23)22-32(30(31)35)27-17-13-25(14-18-27)29(34)24-11-5-2-6-12-24/h1-6,8-9,11-20,33H,7,10,21-22H2/t31-/m0/s1. The number of phenols is 1. The van der Waals surface area contributed by atoms with E-state index in [9.17, 15) is 14.7 Å². The summed E-state index contributed by atoms with van der Waals surface area (Å²) in [7, 11) is 0. The number of nitrogens with zero attached hydrogens (tertiary/aromatic N) is 1. The molecule has 1 aliphatic rings. The zero-order valence-corrected chi connectivity index (χ0v) is 19.4. The maximum absolute atomic E-state index is 13.6. The molecule has 0 bridgehead atoms. The minimum absolute atomic E-state index is 0.0357. The molecule has 4 heteroatoms. The van der Waals surface area contributed by atoms with Crippen LogP contribution in [0.4, 0.5) is 5.69 Å². The van der Waals surface area contributed by atoms with Gasteiger partial charge in [0.05, 0.1) is 5.41 Å². The highest BCUT2D eigenvalue weighted by atomic mass is 16.3. The Morgan fingerprint density at radius 3 is 2.00 bits per heavy atom. The van der Waals surface area contributed by atoms with Crippen molar-refractivity contribution in [2.45, 2.75) is 24.7 Å². The van der Waals surface area contributed by atoms with Crippen molar-refractivity contribution >= 4 is 17.4 Å². The van der Waals surface area contributed by atoms with E-state index in [1.54, 1.807) is 41.3 Å². The van der Waals surface area contributed by atoms with Crippen LogP contribution < -0.4 is 4.90 Å². The van der Waals surface area contributed by atoms with Gasteiger partial charge in [0.25, 0.3) is 0 Å². The van der Waals surface area contributed by atoms with Crippen LogP contribution in [0.25, 0.3) is 0 Å². The summed E-state index contributed by atoms with van der Waals surface area (Å²) in [6.07, 6.45) is 2.52. The van der Waals surface area contributed by atoms with E-state index >= 15 is 0 Å². The van der Waals surface area contributed by atoms with Gasteiger partial charge in [-0.05, 0) is 66.8 Å². The van der Waals surface area contributed by atoms with E-state index in [4.69, 9.17) is 0 Å². The molecule has 0 spiro atoms.